The van der Waals surface area contributed by atoms with Gasteiger partial charge in [-0.1, -0.05) is 50.2 Å². The summed E-state index contributed by atoms with van der Waals surface area (Å²) in [5, 5.41) is 21.5. The number of methoxy groups -OCH3 is 2. The van der Waals surface area contributed by atoms with Crippen molar-refractivity contribution in [1.29, 1.82) is 0 Å². The van der Waals surface area contributed by atoms with E-state index in [0.29, 0.717) is 35.2 Å². The zero-order valence-corrected chi connectivity index (χ0v) is 21.7. The number of esters is 1. The van der Waals surface area contributed by atoms with E-state index in [-0.39, 0.29) is 34.5 Å². The Balaban J connectivity index is 1.96. The third-order valence-electron chi connectivity index (χ3n) is 6.17. The molecule has 4 aromatic rings. The van der Waals surface area contributed by atoms with E-state index >= 15 is 0 Å². The molecule has 0 aliphatic heterocycles. The lowest BCUT2D eigenvalue weighted by molar-refractivity contribution is -0.140. The standard InChI is InChI=1S/C30H30O8/c1-17(2)16-37-24-11-10-19(12-26(24)35-3)20(13-27(34)36-4)28-21(31)14-22(32)29-23(33)15-25(38-30(28)29)18-8-6-5-7-9-18/h5-12,14-15,17,20,31-32H,13,16H2,1-4H3/t20-/m1/s1. The van der Waals surface area contributed by atoms with Crippen LogP contribution in [0.1, 0.15) is 37.3 Å². The summed E-state index contributed by atoms with van der Waals surface area (Å²) < 4.78 is 22.5. The molecule has 198 valence electrons. The number of rotatable bonds is 9. The number of phenols is 2. The van der Waals surface area contributed by atoms with Gasteiger partial charge in [0.15, 0.2) is 16.9 Å². The fourth-order valence-electron chi connectivity index (χ4n) is 4.32. The van der Waals surface area contributed by atoms with Crippen molar-refractivity contribution in [2.24, 2.45) is 5.92 Å². The predicted octanol–water partition coefficient (Wildman–Crippen LogP) is 5.61. The molecule has 1 aromatic heterocycles. The molecule has 8 nitrogen and oxygen atoms in total. The highest BCUT2D eigenvalue weighted by atomic mass is 16.5. The third kappa shape index (κ3) is 5.44. The van der Waals surface area contributed by atoms with E-state index < -0.39 is 23.1 Å². The normalized spacial score (nSPS) is 11.9. The highest BCUT2D eigenvalue weighted by molar-refractivity contribution is 5.90. The molecule has 0 aliphatic carbocycles. The molecule has 1 heterocycles. The quantitative estimate of drug-likeness (QED) is 0.275. The van der Waals surface area contributed by atoms with Gasteiger partial charge in [0, 0.05) is 29.2 Å². The SMILES string of the molecule is COC(=O)C[C@H](c1ccc(OCC(C)C)c(OC)c1)c1c(O)cc(O)c2c(=O)cc(-c3ccccc3)oc12. The summed E-state index contributed by atoms with van der Waals surface area (Å²) in [5.74, 6) is -0.608. The van der Waals surface area contributed by atoms with Crippen molar-refractivity contribution in [2.45, 2.75) is 26.2 Å². The molecule has 0 aliphatic rings. The lowest BCUT2D eigenvalue weighted by atomic mass is 9.86. The number of hydrogen-bond donors (Lipinski definition) is 2. The monoisotopic (exact) mass is 518 g/mol. The Bertz CT molecular complexity index is 1500. The number of benzene rings is 3. The van der Waals surface area contributed by atoms with Gasteiger partial charge in [-0.2, -0.15) is 0 Å². The summed E-state index contributed by atoms with van der Waals surface area (Å²) in [6, 6.07) is 16.6. The molecule has 0 saturated carbocycles. The number of carbonyl (C=O) groups is 1. The van der Waals surface area contributed by atoms with Crippen LogP contribution >= 0.6 is 0 Å². The van der Waals surface area contributed by atoms with Crippen LogP contribution in [-0.2, 0) is 9.53 Å². The van der Waals surface area contributed by atoms with Gasteiger partial charge in [0.05, 0.1) is 27.2 Å². The fourth-order valence-corrected chi connectivity index (χ4v) is 4.32. The van der Waals surface area contributed by atoms with Crippen LogP contribution in [-0.4, -0.2) is 37.0 Å². The first-order chi connectivity index (χ1) is 18.2. The van der Waals surface area contributed by atoms with Gasteiger partial charge in [-0.25, -0.2) is 0 Å². The maximum absolute atomic E-state index is 13.1. The molecule has 2 N–H and O–H groups in total. The van der Waals surface area contributed by atoms with Crippen molar-refractivity contribution in [2.75, 3.05) is 20.8 Å². The number of ether oxygens (including phenoxy) is 3. The van der Waals surface area contributed by atoms with Gasteiger partial charge in [-0.3, -0.25) is 9.59 Å². The molecule has 3 aromatic carbocycles. The Hall–Kier alpha value is -4.46. The number of aromatic hydroxyl groups is 2. The smallest absolute Gasteiger partial charge is 0.306 e. The molecule has 0 saturated heterocycles. The highest BCUT2D eigenvalue weighted by Crippen LogP contribution is 2.44. The van der Waals surface area contributed by atoms with Crippen molar-refractivity contribution >= 4 is 16.9 Å². The Morgan fingerprint density at radius 2 is 1.68 bits per heavy atom. The molecule has 0 fully saturated rings. The Kier molecular flexibility index (Phi) is 7.90. The van der Waals surface area contributed by atoms with Crippen molar-refractivity contribution in [3.8, 4) is 34.3 Å². The molecule has 0 unspecified atom stereocenters. The van der Waals surface area contributed by atoms with Crippen molar-refractivity contribution in [1.82, 2.24) is 0 Å². The largest absolute Gasteiger partial charge is 0.507 e. The molecule has 8 heteroatoms. The van der Waals surface area contributed by atoms with Crippen molar-refractivity contribution in [3.05, 3.63) is 82.0 Å². The Morgan fingerprint density at radius 3 is 2.34 bits per heavy atom. The number of fused-ring (bicyclic) bond motifs is 1. The second-order valence-corrected chi connectivity index (χ2v) is 9.32. The molecule has 0 amide bonds. The van der Waals surface area contributed by atoms with Gasteiger partial charge >= 0.3 is 5.97 Å². The van der Waals surface area contributed by atoms with Crippen LogP contribution in [0.5, 0.6) is 23.0 Å². The first-order valence-electron chi connectivity index (χ1n) is 12.2. The average molecular weight is 519 g/mol. The van der Waals surface area contributed by atoms with Crippen LogP contribution in [0, 0.1) is 5.92 Å². The van der Waals surface area contributed by atoms with E-state index in [1.165, 1.54) is 20.3 Å². The Labute approximate surface area is 220 Å². The molecule has 0 bridgehead atoms. The average Bonchev–Trinajstić information content (AvgIpc) is 2.90. The lowest BCUT2D eigenvalue weighted by Crippen LogP contribution is -2.13. The summed E-state index contributed by atoms with van der Waals surface area (Å²) in [7, 11) is 2.78. The lowest BCUT2D eigenvalue weighted by Gasteiger charge is -2.21. The maximum atomic E-state index is 13.1. The maximum Gasteiger partial charge on any atom is 0.306 e. The minimum absolute atomic E-state index is 0.0261. The topological polar surface area (TPSA) is 115 Å². The van der Waals surface area contributed by atoms with Crippen LogP contribution < -0.4 is 14.9 Å². The minimum atomic E-state index is -0.812. The van der Waals surface area contributed by atoms with Crippen LogP contribution in [0.4, 0.5) is 0 Å². The second kappa shape index (κ2) is 11.3. The van der Waals surface area contributed by atoms with E-state index in [4.69, 9.17) is 18.6 Å². The van der Waals surface area contributed by atoms with Gasteiger partial charge in [-0.05, 0) is 23.6 Å². The highest BCUT2D eigenvalue weighted by Gasteiger charge is 2.29. The molecule has 38 heavy (non-hydrogen) atoms. The second-order valence-electron chi connectivity index (χ2n) is 9.32. The summed E-state index contributed by atoms with van der Waals surface area (Å²) in [4.78, 5) is 25.7. The summed E-state index contributed by atoms with van der Waals surface area (Å²) in [6.45, 7) is 4.55. The molecular weight excluding hydrogens is 488 g/mol. The van der Waals surface area contributed by atoms with E-state index in [2.05, 4.69) is 0 Å². The van der Waals surface area contributed by atoms with Gasteiger partial charge in [-0.15, -0.1) is 0 Å². The summed E-state index contributed by atoms with van der Waals surface area (Å²) in [6.07, 6.45) is -0.182. The first-order valence-corrected chi connectivity index (χ1v) is 12.2. The molecule has 0 radical (unpaired) electrons. The summed E-state index contributed by atoms with van der Waals surface area (Å²) in [5.41, 5.74) is 0.867. The molecule has 1 atom stereocenters. The van der Waals surface area contributed by atoms with E-state index in [1.807, 2.05) is 19.9 Å². The zero-order valence-electron chi connectivity index (χ0n) is 21.7. The number of carbonyl (C=O) groups excluding carboxylic acids is 1. The molecule has 0 spiro atoms. The van der Waals surface area contributed by atoms with E-state index in [1.54, 1.807) is 42.5 Å². The molecular formula is C30H30O8. The first kappa shape index (κ1) is 26.6. The molecule has 4 rings (SSSR count). The van der Waals surface area contributed by atoms with Gasteiger partial charge < -0.3 is 28.8 Å². The number of phenolic OH excluding ortho intramolecular Hbond substituents is 2. The predicted molar refractivity (Wildman–Crippen MR) is 143 cm³/mol. The third-order valence-corrected chi connectivity index (χ3v) is 6.17. The van der Waals surface area contributed by atoms with Crippen molar-refractivity contribution in [3.63, 3.8) is 0 Å². The fraction of sp³-hybridized carbons (Fsp3) is 0.267. The van der Waals surface area contributed by atoms with E-state index in [0.717, 1.165) is 6.07 Å². The van der Waals surface area contributed by atoms with Gasteiger partial charge in [0.25, 0.3) is 0 Å². The van der Waals surface area contributed by atoms with Crippen molar-refractivity contribution < 1.29 is 33.6 Å². The van der Waals surface area contributed by atoms with Gasteiger partial charge in [0.2, 0.25) is 0 Å². The van der Waals surface area contributed by atoms with Crippen LogP contribution in [0.3, 0.4) is 0 Å². The van der Waals surface area contributed by atoms with Gasteiger partial charge in [0.1, 0.15) is 28.2 Å². The Morgan fingerprint density at radius 1 is 0.947 bits per heavy atom. The zero-order chi connectivity index (χ0) is 27.4. The summed E-state index contributed by atoms with van der Waals surface area (Å²) >= 11 is 0. The minimum Gasteiger partial charge on any atom is -0.507 e. The number of hydrogen-bond acceptors (Lipinski definition) is 8. The van der Waals surface area contributed by atoms with E-state index in [9.17, 15) is 19.8 Å². The van der Waals surface area contributed by atoms with Crippen LogP contribution in [0.15, 0.2) is 69.9 Å². The van der Waals surface area contributed by atoms with Crippen LogP contribution in [0.25, 0.3) is 22.3 Å². The van der Waals surface area contributed by atoms with Crippen LogP contribution in [0.2, 0.25) is 0 Å².